The highest BCUT2D eigenvalue weighted by Crippen LogP contribution is 2.48. The molecule has 0 aliphatic heterocycles. The summed E-state index contributed by atoms with van der Waals surface area (Å²) in [5, 5.41) is 4.34. The first kappa shape index (κ1) is 32.8. The van der Waals surface area contributed by atoms with E-state index in [1.54, 1.807) is 0 Å². The Balaban J connectivity index is 1.24. The average molecular weight is 731 g/mol. The van der Waals surface area contributed by atoms with E-state index in [2.05, 4.69) is 180 Å². The quantitative estimate of drug-likeness (QED) is 0.153. The Morgan fingerprint density at radius 2 is 0.877 bits per heavy atom. The summed E-state index contributed by atoms with van der Waals surface area (Å²) in [5.74, 6) is 1.70. The Hall–Kier alpha value is -7.63. The zero-order valence-electron chi connectivity index (χ0n) is 30.8. The Labute approximate surface area is 329 Å². The monoisotopic (exact) mass is 730 g/mol. The topological polar surface area (TPSA) is 56.7 Å². The van der Waals surface area contributed by atoms with Crippen molar-refractivity contribution in [3.8, 4) is 28.7 Å². The van der Waals surface area contributed by atoms with Gasteiger partial charge < -0.3 is 4.42 Å². The number of para-hydroxylation sites is 3. The maximum Gasteiger partial charge on any atom is 0.238 e. The van der Waals surface area contributed by atoms with Crippen LogP contribution >= 0.6 is 0 Å². The minimum atomic E-state index is -0.713. The van der Waals surface area contributed by atoms with Crippen LogP contribution in [0, 0.1) is 0 Å². The van der Waals surface area contributed by atoms with Gasteiger partial charge in [-0.25, -0.2) is 4.98 Å². The first-order chi connectivity index (χ1) is 28.3. The third kappa shape index (κ3) is 5.20. The number of rotatable bonds is 7. The molecule has 0 radical (unpaired) electrons. The van der Waals surface area contributed by atoms with E-state index < -0.39 is 5.41 Å². The van der Waals surface area contributed by atoms with Crippen molar-refractivity contribution < 1.29 is 4.42 Å². The predicted molar refractivity (Wildman–Crippen MR) is 231 cm³/mol. The van der Waals surface area contributed by atoms with Crippen molar-refractivity contribution in [3.05, 3.63) is 229 Å². The van der Waals surface area contributed by atoms with Gasteiger partial charge in [0.15, 0.2) is 11.6 Å². The van der Waals surface area contributed by atoms with Crippen LogP contribution in [0.3, 0.4) is 0 Å². The molecule has 0 fully saturated rings. The molecule has 11 rings (SSSR count). The van der Waals surface area contributed by atoms with Crippen LogP contribution in [0.5, 0.6) is 0 Å². The molecule has 0 saturated carbocycles. The zero-order valence-corrected chi connectivity index (χ0v) is 30.8. The van der Waals surface area contributed by atoms with Crippen LogP contribution in [-0.2, 0) is 5.41 Å². The maximum atomic E-state index is 6.24. The van der Waals surface area contributed by atoms with Crippen molar-refractivity contribution in [2.45, 2.75) is 5.41 Å². The molecule has 0 spiro atoms. The van der Waals surface area contributed by atoms with Crippen LogP contribution in [0.2, 0.25) is 0 Å². The molecular weight excluding hydrogens is 697 g/mol. The summed E-state index contributed by atoms with van der Waals surface area (Å²) in [6, 6.07) is 72.2. The number of furan rings is 1. The van der Waals surface area contributed by atoms with E-state index in [9.17, 15) is 0 Å². The normalized spacial score (nSPS) is 11.9. The molecule has 268 valence electrons. The number of aromatic nitrogens is 4. The molecule has 0 unspecified atom stereocenters. The van der Waals surface area contributed by atoms with Crippen LogP contribution in [0.25, 0.3) is 72.5 Å². The average Bonchev–Trinajstić information content (AvgIpc) is 3.83. The smallest absolute Gasteiger partial charge is 0.238 e. The van der Waals surface area contributed by atoms with Crippen LogP contribution in [0.15, 0.2) is 211 Å². The summed E-state index contributed by atoms with van der Waals surface area (Å²) in [6.45, 7) is 0. The van der Waals surface area contributed by atoms with Crippen molar-refractivity contribution in [1.29, 1.82) is 0 Å². The Morgan fingerprint density at radius 1 is 0.386 bits per heavy atom. The minimum absolute atomic E-state index is 0.545. The Kier molecular flexibility index (Phi) is 7.64. The molecule has 0 N–H and O–H groups in total. The summed E-state index contributed by atoms with van der Waals surface area (Å²) in [4.78, 5) is 16.2. The summed E-state index contributed by atoms with van der Waals surface area (Å²) >= 11 is 0. The van der Waals surface area contributed by atoms with Crippen molar-refractivity contribution in [3.63, 3.8) is 0 Å². The molecule has 3 heterocycles. The summed E-state index contributed by atoms with van der Waals surface area (Å²) in [7, 11) is 0. The number of nitrogens with zero attached hydrogens (tertiary/aromatic N) is 4. The lowest BCUT2D eigenvalue weighted by molar-refractivity contribution is 0.669. The molecule has 8 aromatic carbocycles. The second-order valence-electron chi connectivity index (χ2n) is 14.4. The standard InChI is InChI=1S/C52H34N4O/c1-4-18-36(19-5-1)52(37-20-6-2-7-21-37,38-22-8-3-9-23-38)44-28-14-10-27-42(44)50-53-49(35-32-33-48-43(34-35)41-26-13-17-31-47(41)57-48)54-51(55-50)56-45-29-15-11-24-39(45)40-25-12-16-30-46(40)56/h1-34H. The van der Waals surface area contributed by atoms with Gasteiger partial charge >= 0.3 is 0 Å². The van der Waals surface area contributed by atoms with Crippen LogP contribution in [0.4, 0.5) is 0 Å². The van der Waals surface area contributed by atoms with Crippen molar-refractivity contribution in [2.75, 3.05) is 0 Å². The first-order valence-corrected chi connectivity index (χ1v) is 19.2. The van der Waals surface area contributed by atoms with Gasteiger partial charge in [0.2, 0.25) is 5.95 Å². The molecule has 0 bridgehead atoms. The van der Waals surface area contributed by atoms with E-state index in [0.29, 0.717) is 17.6 Å². The molecule has 57 heavy (non-hydrogen) atoms. The first-order valence-electron chi connectivity index (χ1n) is 19.2. The summed E-state index contributed by atoms with van der Waals surface area (Å²) in [5.41, 5.74) is 9.28. The molecule has 0 saturated heterocycles. The van der Waals surface area contributed by atoms with Crippen LogP contribution in [0.1, 0.15) is 22.3 Å². The van der Waals surface area contributed by atoms with E-state index in [1.165, 1.54) is 0 Å². The van der Waals surface area contributed by atoms with Gasteiger partial charge in [-0.3, -0.25) is 4.57 Å². The molecule has 0 aliphatic rings. The highest BCUT2D eigenvalue weighted by molar-refractivity contribution is 6.09. The van der Waals surface area contributed by atoms with Gasteiger partial charge in [0.25, 0.3) is 0 Å². The molecule has 3 aromatic heterocycles. The fourth-order valence-corrected chi connectivity index (χ4v) is 8.75. The van der Waals surface area contributed by atoms with Crippen molar-refractivity contribution in [1.82, 2.24) is 19.5 Å². The molecular formula is C52H34N4O. The second-order valence-corrected chi connectivity index (χ2v) is 14.4. The van der Waals surface area contributed by atoms with Gasteiger partial charge in [-0.1, -0.05) is 170 Å². The van der Waals surface area contributed by atoms with Gasteiger partial charge in [0, 0.05) is 32.7 Å². The predicted octanol–water partition coefficient (Wildman–Crippen LogP) is 12.6. The highest BCUT2D eigenvalue weighted by Gasteiger charge is 2.40. The fraction of sp³-hybridized carbons (Fsp3) is 0.0192. The van der Waals surface area contributed by atoms with Crippen molar-refractivity contribution >= 4 is 43.7 Å². The molecule has 11 aromatic rings. The molecule has 5 heteroatoms. The van der Waals surface area contributed by atoms with E-state index in [0.717, 1.165) is 77.1 Å². The Bertz CT molecular complexity index is 3090. The van der Waals surface area contributed by atoms with Gasteiger partial charge in [-0.05, 0) is 58.7 Å². The van der Waals surface area contributed by atoms with Gasteiger partial charge in [-0.15, -0.1) is 0 Å². The van der Waals surface area contributed by atoms with Gasteiger partial charge in [-0.2, -0.15) is 9.97 Å². The lowest BCUT2D eigenvalue weighted by Gasteiger charge is -2.38. The summed E-state index contributed by atoms with van der Waals surface area (Å²) < 4.78 is 8.41. The van der Waals surface area contributed by atoms with Gasteiger partial charge in [0.1, 0.15) is 11.2 Å². The maximum absolute atomic E-state index is 6.24. The molecule has 5 nitrogen and oxygen atoms in total. The third-order valence-electron chi connectivity index (χ3n) is 11.2. The van der Waals surface area contributed by atoms with E-state index >= 15 is 0 Å². The number of hydrogen-bond acceptors (Lipinski definition) is 4. The minimum Gasteiger partial charge on any atom is -0.456 e. The highest BCUT2D eigenvalue weighted by atomic mass is 16.3. The largest absolute Gasteiger partial charge is 0.456 e. The van der Waals surface area contributed by atoms with Crippen molar-refractivity contribution in [2.24, 2.45) is 0 Å². The SMILES string of the molecule is c1ccc(C(c2ccccc2)(c2ccccc2)c2ccccc2-c2nc(-c3ccc4oc5ccccc5c4c3)nc(-n3c4ccccc4c4ccccc43)n2)cc1. The fourth-order valence-electron chi connectivity index (χ4n) is 8.75. The van der Waals surface area contributed by atoms with E-state index in [1.807, 2.05) is 30.3 Å². The van der Waals surface area contributed by atoms with E-state index in [-0.39, 0.29) is 0 Å². The lowest BCUT2D eigenvalue weighted by Crippen LogP contribution is -2.31. The number of benzene rings is 8. The van der Waals surface area contributed by atoms with Gasteiger partial charge in [0.05, 0.1) is 16.4 Å². The molecule has 0 atom stereocenters. The van der Waals surface area contributed by atoms with Crippen LogP contribution < -0.4 is 0 Å². The second kappa shape index (κ2) is 13.3. The zero-order chi connectivity index (χ0) is 37.8. The molecule has 0 amide bonds. The van der Waals surface area contributed by atoms with Crippen LogP contribution in [-0.4, -0.2) is 19.5 Å². The lowest BCUT2D eigenvalue weighted by atomic mass is 9.64. The third-order valence-corrected chi connectivity index (χ3v) is 11.2. The number of hydrogen-bond donors (Lipinski definition) is 0. The summed E-state index contributed by atoms with van der Waals surface area (Å²) in [6.07, 6.45) is 0. The molecule has 0 aliphatic carbocycles. The van der Waals surface area contributed by atoms with E-state index in [4.69, 9.17) is 19.4 Å². The Morgan fingerprint density at radius 3 is 1.51 bits per heavy atom. The number of fused-ring (bicyclic) bond motifs is 6.